The van der Waals surface area contributed by atoms with E-state index in [1.165, 1.54) is 0 Å². The second-order valence-electron chi connectivity index (χ2n) is 7.97. The van der Waals surface area contributed by atoms with Crippen LogP contribution in [0, 0.1) is 0 Å². The summed E-state index contributed by atoms with van der Waals surface area (Å²) in [6.45, 7) is 1.33. The Hall–Kier alpha value is -4.26. The van der Waals surface area contributed by atoms with E-state index in [1.807, 2.05) is 77.5 Å². The number of benzene rings is 3. The van der Waals surface area contributed by atoms with Crippen molar-refractivity contribution >= 4 is 23.1 Å². The topological polar surface area (TPSA) is 94.2 Å². The number of fused-ring (bicyclic) bond motifs is 2. The number of anilines is 3. The highest BCUT2D eigenvalue weighted by atomic mass is 16.5. The number of para-hydroxylation sites is 1. The fourth-order valence-corrected chi connectivity index (χ4v) is 4.11. The van der Waals surface area contributed by atoms with Gasteiger partial charge in [0.05, 0.1) is 7.11 Å². The second kappa shape index (κ2) is 8.70. The summed E-state index contributed by atoms with van der Waals surface area (Å²) in [6.07, 6.45) is 0.760. The minimum Gasteiger partial charge on any atom is -0.497 e. The summed E-state index contributed by atoms with van der Waals surface area (Å²) >= 11 is 0. The lowest BCUT2D eigenvalue weighted by Crippen LogP contribution is -2.14. The van der Waals surface area contributed by atoms with Crippen molar-refractivity contribution in [2.75, 3.05) is 17.7 Å². The normalized spacial score (nSPS) is 12.2. The lowest BCUT2D eigenvalue weighted by atomic mass is 10.0. The first-order valence-electron chi connectivity index (χ1n) is 10.8. The molecule has 0 saturated carbocycles. The van der Waals surface area contributed by atoms with Crippen molar-refractivity contribution < 1.29 is 9.53 Å². The first-order valence-corrected chi connectivity index (χ1v) is 10.8. The molecule has 0 unspecified atom stereocenters. The number of amides is 1. The van der Waals surface area contributed by atoms with Crippen molar-refractivity contribution in [1.82, 2.24) is 9.78 Å². The SMILES string of the molecule is COc1ccc2c(c1)CCn1nc(-c3ccc(CNc4ccccc4)cc3)c(C(N)=O)c1N2. The molecule has 4 aromatic rings. The Balaban J connectivity index is 1.43. The minimum absolute atomic E-state index is 0.397. The van der Waals surface area contributed by atoms with Gasteiger partial charge in [-0.25, -0.2) is 4.68 Å². The Bertz CT molecular complexity index is 1300. The first kappa shape index (κ1) is 20.6. The number of nitrogens with one attached hydrogen (secondary N) is 2. The van der Waals surface area contributed by atoms with Gasteiger partial charge in [-0.2, -0.15) is 5.10 Å². The number of hydrogen-bond donors (Lipinski definition) is 3. The standard InChI is InChI=1S/C26H25N5O2/c1-33-21-11-12-22-19(15-21)13-14-31-26(29-22)23(25(27)32)24(30-31)18-9-7-17(8-10-18)16-28-20-5-3-2-4-6-20/h2-12,15,28-29H,13-14,16H2,1H3,(H2,27,32). The van der Waals surface area contributed by atoms with E-state index < -0.39 is 5.91 Å². The third-order valence-electron chi connectivity index (χ3n) is 5.86. The van der Waals surface area contributed by atoms with E-state index in [1.54, 1.807) is 7.11 Å². The molecule has 0 aliphatic carbocycles. The average Bonchev–Trinajstić information content (AvgIpc) is 3.12. The zero-order chi connectivity index (χ0) is 22.8. The zero-order valence-electron chi connectivity index (χ0n) is 18.3. The highest BCUT2D eigenvalue weighted by Crippen LogP contribution is 2.35. The van der Waals surface area contributed by atoms with E-state index in [-0.39, 0.29) is 0 Å². The number of aryl methyl sites for hydroxylation is 2. The van der Waals surface area contributed by atoms with Crippen LogP contribution in [0.4, 0.5) is 17.2 Å². The number of aromatic nitrogens is 2. The van der Waals surface area contributed by atoms with Crippen molar-refractivity contribution in [3.8, 4) is 17.0 Å². The molecule has 3 aromatic carbocycles. The molecule has 7 heteroatoms. The maximum Gasteiger partial charge on any atom is 0.254 e. The summed E-state index contributed by atoms with van der Waals surface area (Å²) in [4.78, 5) is 12.5. The van der Waals surface area contributed by atoms with Crippen LogP contribution in [0.25, 0.3) is 11.3 Å². The molecule has 0 bridgehead atoms. The third-order valence-corrected chi connectivity index (χ3v) is 5.86. The number of carbonyl (C=O) groups is 1. The molecular weight excluding hydrogens is 414 g/mol. The molecule has 0 spiro atoms. The average molecular weight is 440 g/mol. The number of ether oxygens (including phenoxy) is 1. The van der Waals surface area contributed by atoms with Crippen molar-refractivity contribution in [3.63, 3.8) is 0 Å². The van der Waals surface area contributed by atoms with Crippen LogP contribution in [0.1, 0.15) is 21.5 Å². The van der Waals surface area contributed by atoms with Crippen LogP contribution in [0.2, 0.25) is 0 Å². The lowest BCUT2D eigenvalue weighted by Gasteiger charge is -2.10. The van der Waals surface area contributed by atoms with Gasteiger partial charge in [-0.3, -0.25) is 4.79 Å². The molecule has 33 heavy (non-hydrogen) atoms. The molecule has 2 heterocycles. The third kappa shape index (κ3) is 4.13. The van der Waals surface area contributed by atoms with Gasteiger partial charge in [0.25, 0.3) is 5.91 Å². The summed E-state index contributed by atoms with van der Waals surface area (Å²) in [5, 5.41) is 11.5. The monoisotopic (exact) mass is 439 g/mol. The van der Waals surface area contributed by atoms with Gasteiger partial charge in [0.1, 0.15) is 22.8 Å². The summed E-state index contributed by atoms with van der Waals surface area (Å²) < 4.78 is 7.17. The predicted molar refractivity (Wildman–Crippen MR) is 130 cm³/mol. The van der Waals surface area contributed by atoms with Crippen LogP contribution in [-0.4, -0.2) is 22.8 Å². The molecule has 166 valence electrons. The van der Waals surface area contributed by atoms with Crippen molar-refractivity contribution in [2.24, 2.45) is 5.73 Å². The van der Waals surface area contributed by atoms with Crippen molar-refractivity contribution in [3.05, 3.63) is 89.5 Å². The Morgan fingerprint density at radius 3 is 2.64 bits per heavy atom. The molecule has 1 aromatic heterocycles. The Morgan fingerprint density at radius 1 is 1.12 bits per heavy atom. The smallest absolute Gasteiger partial charge is 0.254 e. The molecule has 0 radical (unpaired) electrons. The molecule has 1 aliphatic heterocycles. The summed E-state index contributed by atoms with van der Waals surface area (Å²) in [7, 11) is 1.65. The molecule has 0 saturated heterocycles. The maximum absolute atomic E-state index is 12.5. The van der Waals surface area contributed by atoms with Crippen LogP contribution in [-0.2, 0) is 19.5 Å². The summed E-state index contributed by atoms with van der Waals surface area (Å²) in [6, 6.07) is 24.0. The number of rotatable bonds is 6. The minimum atomic E-state index is -0.509. The largest absolute Gasteiger partial charge is 0.497 e. The highest BCUT2D eigenvalue weighted by Gasteiger charge is 2.26. The van der Waals surface area contributed by atoms with Crippen LogP contribution >= 0.6 is 0 Å². The number of hydrogen-bond acceptors (Lipinski definition) is 5. The van der Waals surface area contributed by atoms with Gasteiger partial charge in [0, 0.05) is 30.0 Å². The number of primary amides is 1. The second-order valence-corrected chi connectivity index (χ2v) is 7.97. The number of nitrogens with two attached hydrogens (primary N) is 1. The molecule has 5 rings (SSSR count). The van der Waals surface area contributed by atoms with Gasteiger partial charge >= 0.3 is 0 Å². The fraction of sp³-hybridized carbons (Fsp3) is 0.154. The van der Waals surface area contributed by atoms with E-state index in [4.69, 9.17) is 15.6 Å². The zero-order valence-corrected chi connectivity index (χ0v) is 18.3. The van der Waals surface area contributed by atoms with Crippen molar-refractivity contribution in [1.29, 1.82) is 0 Å². The van der Waals surface area contributed by atoms with E-state index in [2.05, 4.69) is 10.6 Å². The van der Waals surface area contributed by atoms with Crippen LogP contribution in [0.15, 0.2) is 72.8 Å². The molecule has 0 atom stereocenters. The van der Waals surface area contributed by atoms with Gasteiger partial charge in [0.2, 0.25) is 0 Å². The van der Waals surface area contributed by atoms with Gasteiger partial charge in [-0.15, -0.1) is 0 Å². The van der Waals surface area contributed by atoms with E-state index in [0.717, 1.165) is 40.2 Å². The Labute approximate surface area is 192 Å². The summed E-state index contributed by atoms with van der Waals surface area (Å²) in [5.41, 5.74) is 11.9. The van der Waals surface area contributed by atoms with Gasteiger partial charge in [0.15, 0.2) is 0 Å². The first-order chi connectivity index (χ1) is 16.1. The van der Waals surface area contributed by atoms with Crippen molar-refractivity contribution in [2.45, 2.75) is 19.5 Å². The molecule has 0 fully saturated rings. The lowest BCUT2D eigenvalue weighted by molar-refractivity contribution is 0.100. The number of carbonyl (C=O) groups excluding carboxylic acids is 1. The predicted octanol–water partition coefficient (Wildman–Crippen LogP) is 4.57. The maximum atomic E-state index is 12.5. The Morgan fingerprint density at radius 2 is 1.91 bits per heavy atom. The van der Waals surface area contributed by atoms with Crippen LogP contribution in [0.3, 0.4) is 0 Å². The Kier molecular flexibility index (Phi) is 5.44. The quantitative estimate of drug-likeness (QED) is 0.409. The van der Waals surface area contributed by atoms with Crippen LogP contribution in [0.5, 0.6) is 5.75 Å². The number of methoxy groups -OCH3 is 1. The highest BCUT2D eigenvalue weighted by molar-refractivity contribution is 6.04. The molecule has 4 N–H and O–H groups in total. The molecule has 7 nitrogen and oxygen atoms in total. The number of nitrogens with zero attached hydrogens (tertiary/aromatic N) is 2. The van der Waals surface area contributed by atoms with Gasteiger partial charge in [-0.1, -0.05) is 42.5 Å². The fourth-order valence-electron chi connectivity index (χ4n) is 4.11. The van der Waals surface area contributed by atoms with E-state index in [0.29, 0.717) is 30.2 Å². The van der Waals surface area contributed by atoms with Gasteiger partial charge in [-0.05, 0) is 47.9 Å². The molecular formula is C26H25N5O2. The molecule has 1 amide bonds. The summed E-state index contributed by atoms with van der Waals surface area (Å²) in [5.74, 6) is 0.912. The van der Waals surface area contributed by atoms with Gasteiger partial charge < -0.3 is 21.1 Å². The molecule has 1 aliphatic rings. The van der Waals surface area contributed by atoms with Crippen LogP contribution < -0.4 is 21.1 Å². The van der Waals surface area contributed by atoms with E-state index >= 15 is 0 Å². The van der Waals surface area contributed by atoms with E-state index in [9.17, 15) is 4.79 Å².